The summed E-state index contributed by atoms with van der Waals surface area (Å²) in [4.78, 5) is 15.5. The first-order valence-corrected chi connectivity index (χ1v) is 8.18. The molecule has 2 unspecified atom stereocenters. The van der Waals surface area contributed by atoms with Gasteiger partial charge in [0.05, 0.1) is 6.54 Å². The average molecular weight is 343 g/mol. The van der Waals surface area contributed by atoms with E-state index in [-0.39, 0.29) is 11.8 Å². The number of carbonyl (C=O) groups excluding carboxylic acids is 1. The highest BCUT2D eigenvalue weighted by Crippen LogP contribution is 2.23. The van der Waals surface area contributed by atoms with E-state index in [9.17, 15) is 18.0 Å². The van der Waals surface area contributed by atoms with E-state index in [1.165, 1.54) is 4.90 Å². The molecule has 7 heteroatoms. The van der Waals surface area contributed by atoms with Crippen LogP contribution in [0.25, 0.3) is 0 Å². The normalized spacial score (nSPS) is 19.8. The van der Waals surface area contributed by atoms with Crippen molar-refractivity contribution in [3.05, 3.63) is 35.9 Å². The molecule has 1 aromatic carbocycles. The molecule has 0 aliphatic carbocycles. The Morgan fingerprint density at radius 3 is 2.62 bits per heavy atom. The van der Waals surface area contributed by atoms with Gasteiger partial charge in [-0.05, 0) is 24.4 Å². The molecule has 134 valence electrons. The number of amides is 1. The van der Waals surface area contributed by atoms with Crippen LogP contribution < -0.4 is 5.73 Å². The minimum Gasteiger partial charge on any atom is -0.341 e. The Labute approximate surface area is 140 Å². The van der Waals surface area contributed by atoms with Crippen LogP contribution in [-0.4, -0.2) is 54.6 Å². The van der Waals surface area contributed by atoms with Crippen molar-refractivity contribution in [2.45, 2.75) is 25.6 Å². The van der Waals surface area contributed by atoms with Gasteiger partial charge in [0, 0.05) is 19.6 Å². The summed E-state index contributed by atoms with van der Waals surface area (Å²) in [6.07, 6.45) is -3.48. The highest BCUT2D eigenvalue weighted by molar-refractivity contribution is 5.83. The van der Waals surface area contributed by atoms with E-state index in [0.717, 1.165) is 5.56 Å². The lowest BCUT2D eigenvalue weighted by Gasteiger charge is -2.25. The van der Waals surface area contributed by atoms with Gasteiger partial charge in [0.15, 0.2) is 0 Å². The Hall–Kier alpha value is -1.60. The Morgan fingerprint density at radius 1 is 1.38 bits per heavy atom. The fourth-order valence-corrected chi connectivity index (χ4v) is 3.11. The highest BCUT2D eigenvalue weighted by atomic mass is 19.4. The van der Waals surface area contributed by atoms with Crippen LogP contribution in [0.5, 0.6) is 0 Å². The maximum atomic E-state index is 12.5. The third-order valence-electron chi connectivity index (χ3n) is 4.39. The molecule has 0 radical (unpaired) electrons. The number of nitrogens with two attached hydrogens (primary N) is 1. The molecule has 0 bridgehead atoms. The molecule has 1 saturated heterocycles. The van der Waals surface area contributed by atoms with Gasteiger partial charge in [0.1, 0.15) is 6.04 Å². The lowest BCUT2D eigenvalue weighted by Crippen LogP contribution is -2.40. The van der Waals surface area contributed by atoms with Gasteiger partial charge in [0.2, 0.25) is 5.91 Å². The SMILES string of the molecule is CCN(CC1CCN(C(=O)C(N)c2ccccc2)C1)CC(F)(F)F. The van der Waals surface area contributed by atoms with Gasteiger partial charge >= 0.3 is 6.18 Å². The zero-order valence-electron chi connectivity index (χ0n) is 13.8. The number of nitrogens with zero attached hydrogens (tertiary/aromatic N) is 2. The van der Waals surface area contributed by atoms with Crippen LogP contribution in [0.15, 0.2) is 30.3 Å². The molecule has 24 heavy (non-hydrogen) atoms. The number of hydrogen-bond acceptors (Lipinski definition) is 3. The number of likely N-dealkylation sites (tertiary alicyclic amines) is 1. The lowest BCUT2D eigenvalue weighted by atomic mass is 10.1. The topological polar surface area (TPSA) is 49.6 Å². The molecule has 4 nitrogen and oxygen atoms in total. The molecular formula is C17H24F3N3O. The first-order valence-electron chi connectivity index (χ1n) is 8.18. The zero-order chi connectivity index (χ0) is 17.7. The summed E-state index contributed by atoms with van der Waals surface area (Å²) in [5.41, 5.74) is 6.77. The second-order valence-corrected chi connectivity index (χ2v) is 6.27. The smallest absolute Gasteiger partial charge is 0.341 e. The molecule has 1 heterocycles. The predicted octanol–water partition coefficient (Wildman–Crippen LogP) is 2.42. The van der Waals surface area contributed by atoms with E-state index >= 15 is 0 Å². The van der Waals surface area contributed by atoms with Crippen molar-refractivity contribution in [2.75, 3.05) is 32.7 Å². The third kappa shape index (κ3) is 5.21. The van der Waals surface area contributed by atoms with E-state index in [1.54, 1.807) is 24.0 Å². The Morgan fingerprint density at radius 2 is 2.04 bits per heavy atom. The summed E-state index contributed by atoms with van der Waals surface area (Å²) < 4.78 is 37.6. The largest absolute Gasteiger partial charge is 0.401 e. The van der Waals surface area contributed by atoms with Crippen LogP contribution in [0, 0.1) is 5.92 Å². The Kier molecular flexibility index (Phi) is 6.23. The molecular weight excluding hydrogens is 319 g/mol. The minimum absolute atomic E-state index is 0.0548. The Balaban J connectivity index is 1.89. The predicted molar refractivity (Wildman–Crippen MR) is 86.2 cm³/mol. The minimum atomic E-state index is -4.19. The third-order valence-corrected chi connectivity index (χ3v) is 4.39. The van der Waals surface area contributed by atoms with Gasteiger partial charge in [-0.25, -0.2) is 0 Å². The van der Waals surface area contributed by atoms with Crippen molar-refractivity contribution < 1.29 is 18.0 Å². The number of rotatable bonds is 6. The molecule has 2 atom stereocenters. The van der Waals surface area contributed by atoms with Crippen LogP contribution in [0.3, 0.4) is 0 Å². The molecule has 0 aromatic heterocycles. The summed E-state index contributed by atoms with van der Waals surface area (Å²) in [5, 5.41) is 0. The summed E-state index contributed by atoms with van der Waals surface area (Å²) >= 11 is 0. The van der Waals surface area contributed by atoms with Crippen molar-refractivity contribution in [3.63, 3.8) is 0 Å². The van der Waals surface area contributed by atoms with Gasteiger partial charge in [-0.1, -0.05) is 37.3 Å². The van der Waals surface area contributed by atoms with E-state index in [1.807, 2.05) is 18.2 Å². The first-order chi connectivity index (χ1) is 11.3. The second-order valence-electron chi connectivity index (χ2n) is 6.27. The Bertz CT molecular complexity index is 536. The van der Waals surface area contributed by atoms with Crippen LogP contribution in [0.2, 0.25) is 0 Å². The van der Waals surface area contributed by atoms with Crippen molar-refractivity contribution in [2.24, 2.45) is 11.7 Å². The summed E-state index contributed by atoms with van der Waals surface area (Å²) in [7, 11) is 0. The lowest BCUT2D eigenvalue weighted by molar-refractivity contribution is -0.146. The van der Waals surface area contributed by atoms with E-state index in [2.05, 4.69) is 0 Å². The van der Waals surface area contributed by atoms with Crippen LogP contribution >= 0.6 is 0 Å². The molecule has 0 saturated carbocycles. The van der Waals surface area contributed by atoms with Crippen LogP contribution in [-0.2, 0) is 4.79 Å². The van der Waals surface area contributed by atoms with Gasteiger partial charge in [-0.2, -0.15) is 13.2 Å². The number of benzene rings is 1. The quantitative estimate of drug-likeness (QED) is 0.863. The molecule has 1 amide bonds. The monoisotopic (exact) mass is 343 g/mol. The van der Waals surface area contributed by atoms with Gasteiger partial charge in [-0.3, -0.25) is 9.69 Å². The number of alkyl halides is 3. The fraction of sp³-hybridized carbons (Fsp3) is 0.588. The second kappa shape index (κ2) is 7.98. The van der Waals surface area contributed by atoms with Crippen LogP contribution in [0.1, 0.15) is 24.9 Å². The van der Waals surface area contributed by atoms with Gasteiger partial charge < -0.3 is 10.6 Å². The standard InChI is InChI=1S/C17H24F3N3O/c1-2-22(12-17(18,19)20)10-13-8-9-23(11-13)16(24)15(21)14-6-4-3-5-7-14/h3-7,13,15H,2,8-12,21H2,1H3. The zero-order valence-corrected chi connectivity index (χ0v) is 13.8. The van der Waals surface area contributed by atoms with Crippen molar-refractivity contribution in [1.29, 1.82) is 0 Å². The van der Waals surface area contributed by atoms with Gasteiger partial charge in [-0.15, -0.1) is 0 Å². The highest BCUT2D eigenvalue weighted by Gasteiger charge is 2.34. The van der Waals surface area contributed by atoms with Crippen LogP contribution in [0.4, 0.5) is 13.2 Å². The van der Waals surface area contributed by atoms with Crippen molar-refractivity contribution in [1.82, 2.24) is 9.80 Å². The molecule has 0 spiro atoms. The maximum absolute atomic E-state index is 12.5. The molecule has 2 rings (SSSR count). The van der Waals surface area contributed by atoms with Crippen molar-refractivity contribution >= 4 is 5.91 Å². The van der Waals surface area contributed by atoms with E-state index < -0.39 is 18.8 Å². The van der Waals surface area contributed by atoms with Gasteiger partial charge in [0.25, 0.3) is 0 Å². The van der Waals surface area contributed by atoms with E-state index in [4.69, 9.17) is 5.73 Å². The molecule has 2 N–H and O–H groups in total. The van der Waals surface area contributed by atoms with Crippen molar-refractivity contribution in [3.8, 4) is 0 Å². The summed E-state index contributed by atoms with van der Waals surface area (Å²) in [6, 6.07) is 8.39. The summed E-state index contributed by atoms with van der Waals surface area (Å²) in [5.74, 6) is -0.109. The number of hydrogen-bond donors (Lipinski definition) is 1. The van der Waals surface area contributed by atoms with E-state index in [0.29, 0.717) is 32.6 Å². The number of halogens is 3. The number of carbonyl (C=O) groups is 1. The maximum Gasteiger partial charge on any atom is 0.401 e. The molecule has 1 aliphatic heterocycles. The average Bonchev–Trinajstić information content (AvgIpc) is 3.01. The fourth-order valence-electron chi connectivity index (χ4n) is 3.11. The summed E-state index contributed by atoms with van der Waals surface area (Å²) in [6.45, 7) is 2.52. The molecule has 1 aliphatic rings. The molecule has 1 fully saturated rings. The first kappa shape index (κ1) is 18.7. The molecule has 1 aromatic rings.